The maximum absolute atomic E-state index is 13.8. The van der Waals surface area contributed by atoms with E-state index in [0.29, 0.717) is 12.1 Å². The maximum atomic E-state index is 13.8. The van der Waals surface area contributed by atoms with Crippen molar-refractivity contribution in [2.75, 3.05) is 3.71 Å². The molecule has 21 heavy (non-hydrogen) atoms. The number of hydrogen-bond donors (Lipinski definition) is 0. The first-order valence-corrected chi connectivity index (χ1v) is 8.49. The van der Waals surface area contributed by atoms with Crippen molar-refractivity contribution < 1.29 is 25.6 Å². The van der Waals surface area contributed by atoms with Gasteiger partial charge in [-0.2, -0.15) is 20.5 Å². The van der Waals surface area contributed by atoms with Crippen LogP contribution in [0.5, 0.6) is 0 Å². The Bertz CT molecular complexity index is 902. The van der Waals surface area contributed by atoms with E-state index in [2.05, 4.69) is 0 Å². The molecule has 0 bridgehead atoms. The van der Waals surface area contributed by atoms with E-state index in [1.165, 1.54) is 12.1 Å². The monoisotopic (exact) mass is 331 g/mol. The van der Waals surface area contributed by atoms with Crippen molar-refractivity contribution in [2.45, 2.75) is 9.79 Å². The highest BCUT2D eigenvalue weighted by atomic mass is 32.3. The van der Waals surface area contributed by atoms with Gasteiger partial charge in [0.2, 0.25) is 0 Å². The Morgan fingerprint density at radius 1 is 0.810 bits per heavy atom. The Morgan fingerprint density at radius 3 is 1.86 bits per heavy atom. The van der Waals surface area contributed by atoms with Crippen LogP contribution >= 0.6 is 0 Å². The fraction of sp³-hybridized carbons (Fsp3) is 0. The lowest BCUT2D eigenvalue weighted by Crippen LogP contribution is -2.31. The minimum atomic E-state index is -4.51. The van der Waals surface area contributed by atoms with Crippen molar-refractivity contribution in [1.82, 2.24) is 0 Å². The van der Waals surface area contributed by atoms with Crippen molar-refractivity contribution in [2.24, 2.45) is 0 Å². The summed E-state index contributed by atoms with van der Waals surface area (Å²) in [6, 6.07) is 6.84. The molecule has 110 valence electrons. The number of fused-ring (bicyclic) bond motifs is 1. The maximum Gasteiger partial charge on any atom is 0.279 e. The molecule has 0 aromatic heterocycles. The second-order valence-corrected chi connectivity index (χ2v) is 7.99. The summed E-state index contributed by atoms with van der Waals surface area (Å²) in [7, 11) is -9.02. The molecular weight excluding hydrogens is 324 g/mol. The molecule has 0 saturated heterocycles. The van der Waals surface area contributed by atoms with Gasteiger partial charge in [0.25, 0.3) is 20.0 Å². The summed E-state index contributed by atoms with van der Waals surface area (Å²) >= 11 is 0. The zero-order chi connectivity index (χ0) is 15.4. The normalized spacial score (nSPS) is 18.5. The Morgan fingerprint density at radius 2 is 1.33 bits per heavy atom. The fourth-order valence-electron chi connectivity index (χ4n) is 2.07. The van der Waals surface area contributed by atoms with Gasteiger partial charge < -0.3 is 0 Å². The summed E-state index contributed by atoms with van der Waals surface area (Å²) < 4.78 is 76.2. The van der Waals surface area contributed by atoms with Crippen LogP contribution in [0.2, 0.25) is 0 Å². The smallest absolute Gasteiger partial charge is 0.207 e. The number of nitrogens with zero attached hydrogens (tertiary/aromatic N) is 1. The zero-order valence-electron chi connectivity index (χ0n) is 10.2. The topological polar surface area (TPSA) is 71.5 Å². The second kappa shape index (κ2) is 4.25. The van der Waals surface area contributed by atoms with Crippen LogP contribution in [-0.4, -0.2) is 16.8 Å². The van der Waals surface area contributed by atoms with Crippen LogP contribution in [0, 0.1) is 11.6 Å². The van der Waals surface area contributed by atoms with Gasteiger partial charge in [0, 0.05) is 6.07 Å². The Balaban J connectivity index is 2.38. The lowest BCUT2D eigenvalue weighted by Gasteiger charge is -2.16. The van der Waals surface area contributed by atoms with Crippen molar-refractivity contribution >= 4 is 25.7 Å². The van der Waals surface area contributed by atoms with Gasteiger partial charge >= 0.3 is 0 Å². The third-order valence-corrected chi connectivity index (χ3v) is 7.34. The van der Waals surface area contributed by atoms with Gasteiger partial charge in [0.05, 0.1) is 0 Å². The van der Waals surface area contributed by atoms with E-state index >= 15 is 0 Å². The molecule has 2 aromatic carbocycles. The molecule has 0 saturated carbocycles. The lowest BCUT2D eigenvalue weighted by atomic mass is 10.3. The largest absolute Gasteiger partial charge is 0.279 e. The van der Waals surface area contributed by atoms with Gasteiger partial charge in [0.15, 0.2) is 0 Å². The van der Waals surface area contributed by atoms with Gasteiger partial charge in [0.1, 0.15) is 27.1 Å². The predicted molar refractivity (Wildman–Crippen MR) is 69.7 cm³/mol. The highest BCUT2D eigenvalue weighted by Gasteiger charge is 2.48. The highest BCUT2D eigenvalue weighted by molar-refractivity contribution is 8.12. The first kappa shape index (κ1) is 14.0. The van der Waals surface area contributed by atoms with Gasteiger partial charge in [-0.05, 0) is 24.3 Å². The molecule has 0 radical (unpaired) electrons. The van der Waals surface area contributed by atoms with Gasteiger partial charge in [-0.15, -0.1) is 0 Å². The average molecular weight is 331 g/mol. The molecule has 5 nitrogen and oxygen atoms in total. The summed E-state index contributed by atoms with van der Waals surface area (Å²) in [5.41, 5.74) is -0.869. The standard InChI is InChI=1S/C12H7F2NO4S2/c13-8-5-6-9(14)10(7-8)15-20(16,17)11-3-1-2-4-12(11)21(15,18)19/h1-7H. The van der Waals surface area contributed by atoms with E-state index in [1.54, 1.807) is 0 Å². The number of halogens is 2. The van der Waals surface area contributed by atoms with E-state index < -0.39 is 47.2 Å². The molecule has 0 fully saturated rings. The zero-order valence-corrected chi connectivity index (χ0v) is 11.8. The number of benzene rings is 2. The molecule has 2 aromatic rings. The SMILES string of the molecule is O=S1(=O)c2ccccc2S(=O)(=O)N1c1cc(F)ccc1F. The summed E-state index contributed by atoms with van der Waals surface area (Å²) in [6.45, 7) is 0. The van der Waals surface area contributed by atoms with Gasteiger partial charge in [-0.3, -0.25) is 0 Å². The minimum absolute atomic E-state index is 0.0803. The van der Waals surface area contributed by atoms with Crippen LogP contribution in [0.15, 0.2) is 52.3 Å². The molecule has 0 N–H and O–H groups in total. The first-order chi connectivity index (χ1) is 9.76. The summed E-state index contributed by atoms with van der Waals surface area (Å²) in [5, 5.41) is 0. The van der Waals surface area contributed by atoms with Crippen LogP contribution in [0.25, 0.3) is 0 Å². The van der Waals surface area contributed by atoms with Crippen molar-refractivity contribution in [3.8, 4) is 0 Å². The Kier molecular flexibility index (Phi) is 2.82. The number of anilines is 1. The summed E-state index contributed by atoms with van der Waals surface area (Å²) in [4.78, 5) is -0.928. The van der Waals surface area contributed by atoms with Crippen LogP contribution in [-0.2, 0) is 20.0 Å². The molecule has 3 rings (SSSR count). The lowest BCUT2D eigenvalue weighted by molar-refractivity contribution is 0.584. The number of hydrogen-bond acceptors (Lipinski definition) is 4. The van der Waals surface area contributed by atoms with E-state index in [9.17, 15) is 25.6 Å². The molecule has 1 aliphatic rings. The van der Waals surface area contributed by atoms with Gasteiger partial charge in [-0.25, -0.2) is 8.78 Å². The second-order valence-electron chi connectivity index (χ2n) is 4.25. The number of rotatable bonds is 1. The van der Waals surface area contributed by atoms with Crippen molar-refractivity contribution in [1.29, 1.82) is 0 Å². The average Bonchev–Trinajstić information content (AvgIpc) is 2.57. The van der Waals surface area contributed by atoms with Crippen molar-refractivity contribution in [3.05, 3.63) is 54.1 Å². The Labute approximate surface area is 119 Å². The quantitative estimate of drug-likeness (QED) is 0.800. The van der Waals surface area contributed by atoms with E-state index in [-0.39, 0.29) is 3.71 Å². The Hall–Kier alpha value is -2.00. The molecule has 1 heterocycles. The first-order valence-electron chi connectivity index (χ1n) is 5.61. The van der Waals surface area contributed by atoms with Crippen molar-refractivity contribution in [3.63, 3.8) is 0 Å². The molecule has 0 amide bonds. The van der Waals surface area contributed by atoms with Crippen LogP contribution in [0.4, 0.5) is 14.5 Å². The predicted octanol–water partition coefficient (Wildman–Crippen LogP) is 1.86. The third kappa shape index (κ3) is 1.84. The van der Waals surface area contributed by atoms with E-state index in [0.717, 1.165) is 18.2 Å². The third-order valence-electron chi connectivity index (χ3n) is 2.95. The minimum Gasteiger partial charge on any atom is -0.207 e. The molecule has 0 unspecified atom stereocenters. The summed E-state index contributed by atoms with van der Waals surface area (Å²) in [5.74, 6) is -2.11. The molecule has 0 aliphatic carbocycles. The van der Waals surface area contributed by atoms with Crippen LogP contribution < -0.4 is 3.71 Å². The molecule has 0 spiro atoms. The molecule has 1 aliphatic heterocycles. The highest BCUT2D eigenvalue weighted by Crippen LogP contribution is 2.40. The van der Waals surface area contributed by atoms with E-state index in [1.807, 2.05) is 0 Å². The molecule has 0 atom stereocenters. The number of sulfonamides is 2. The van der Waals surface area contributed by atoms with Crippen LogP contribution in [0.3, 0.4) is 0 Å². The van der Waals surface area contributed by atoms with E-state index in [4.69, 9.17) is 0 Å². The van der Waals surface area contributed by atoms with Gasteiger partial charge in [-0.1, -0.05) is 12.1 Å². The molecule has 9 heteroatoms. The molecular formula is C12H7F2NO4S2. The fourth-order valence-corrected chi connectivity index (χ4v) is 6.52. The summed E-state index contributed by atoms with van der Waals surface area (Å²) in [6.07, 6.45) is 0. The van der Waals surface area contributed by atoms with Crippen LogP contribution in [0.1, 0.15) is 0 Å².